The van der Waals surface area contributed by atoms with Crippen LogP contribution < -0.4 is 5.32 Å². The van der Waals surface area contributed by atoms with Crippen LogP contribution in [-0.2, 0) is 6.42 Å². The number of hydrogen-bond donors (Lipinski definition) is 1. The standard InChI is InChI=1S/C17H21NS/c1-13-2-4-15(5-3-13)17(16-6-7-16)18-10-8-14-9-11-19-12-14/h2-5,9,11-12,16-18H,6-8,10H2,1H3. The van der Waals surface area contributed by atoms with Gasteiger partial charge in [0.2, 0.25) is 0 Å². The maximum Gasteiger partial charge on any atom is 0.0348 e. The van der Waals surface area contributed by atoms with E-state index in [1.165, 1.54) is 29.5 Å². The minimum Gasteiger partial charge on any atom is -0.309 e. The van der Waals surface area contributed by atoms with Gasteiger partial charge < -0.3 is 5.32 Å². The summed E-state index contributed by atoms with van der Waals surface area (Å²) in [5, 5.41) is 8.17. The molecule has 1 aliphatic carbocycles. The fraction of sp³-hybridized carbons (Fsp3) is 0.412. The molecule has 1 aromatic heterocycles. The minimum absolute atomic E-state index is 0.555. The number of thiophene rings is 1. The van der Waals surface area contributed by atoms with E-state index >= 15 is 0 Å². The van der Waals surface area contributed by atoms with E-state index in [9.17, 15) is 0 Å². The quantitative estimate of drug-likeness (QED) is 0.824. The van der Waals surface area contributed by atoms with Gasteiger partial charge in [0.05, 0.1) is 0 Å². The molecule has 0 spiro atoms. The lowest BCUT2D eigenvalue weighted by Gasteiger charge is -2.19. The number of aryl methyl sites for hydroxylation is 1. The van der Waals surface area contributed by atoms with E-state index < -0.39 is 0 Å². The highest BCUT2D eigenvalue weighted by Gasteiger charge is 2.31. The van der Waals surface area contributed by atoms with Crippen molar-refractivity contribution in [1.82, 2.24) is 5.32 Å². The summed E-state index contributed by atoms with van der Waals surface area (Å²) in [6.45, 7) is 3.23. The topological polar surface area (TPSA) is 12.0 Å². The van der Waals surface area contributed by atoms with Gasteiger partial charge in [-0.25, -0.2) is 0 Å². The Bertz CT molecular complexity index is 497. The molecule has 0 aliphatic heterocycles. The lowest BCUT2D eigenvalue weighted by molar-refractivity contribution is 0.484. The van der Waals surface area contributed by atoms with E-state index in [-0.39, 0.29) is 0 Å². The van der Waals surface area contributed by atoms with Crippen LogP contribution in [0.4, 0.5) is 0 Å². The van der Waals surface area contributed by atoms with E-state index in [1.54, 1.807) is 11.3 Å². The van der Waals surface area contributed by atoms with Crippen LogP contribution in [0.15, 0.2) is 41.1 Å². The molecule has 100 valence electrons. The molecule has 1 N–H and O–H groups in total. The fourth-order valence-electron chi connectivity index (χ4n) is 2.57. The maximum absolute atomic E-state index is 3.76. The van der Waals surface area contributed by atoms with E-state index in [2.05, 4.69) is 53.3 Å². The van der Waals surface area contributed by atoms with Crippen molar-refractivity contribution < 1.29 is 0 Å². The van der Waals surface area contributed by atoms with Gasteiger partial charge in [-0.3, -0.25) is 0 Å². The summed E-state index contributed by atoms with van der Waals surface area (Å²) < 4.78 is 0. The van der Waals surface area contributed by atoms with E-state index in [0.29, 0.717) is 6.04 Å². The lowest BCUT2D eigenvalue weighted by atomic mass is 10.0. The van der Waals surface area contributed by atoms with Gasteiger partial charge in [-0.2, -0.15) is 11.3 Å². The van der Waals surface area contributed by atoms with E-state index in [1.807, 2.05) is 0 Å². The zero-order chi connectivity index (χ0) is 13.1. The third-order valence-corrected chi connectivity index (χ3v) is 4.62. The largest absolute Gasteiger partial charge is 0.309 e. The van der Waals surface area contributed by atoms with Crippen LogP contribution in [0.5, 0.6) is 0 Å². The first-order chi connectivity index (χ1) is 9.33. The van der Waals surface area contributed by atoms with Crippen molar-refractivity contribution in [2.24, 2.45) is 5.92 Å². The van der Waals surface area contributed by atoms with Crippen LogP contribution in [0.3, 0.4) is 0 Å². The highest BCUT2D eigenvalue weighted by molar-refractivity contribution is 7.07. The number of benzene rings is 1. The molecule has 1 unspecified atom stereocenters. The molecule has 1 heterocycles. The van der Waals surface area contributed by atoms with Crippen LogP contribution in [0.1, 0.15) is 35.6 Å². The zero-order valence-electron chi connectivity index (χ0n) is 11.4. The SMILES string of the molecule is Cc1ccc(C(NCCc2ccsc2)C2CC2)cc1. The summed E-state index contributed by atoms with van der Waals surface area (Å²) >= 11 is 1.79. The molecule has 2 aromatic rings. The molecule has 0 amide bonds. The van der Waals surface area contributed by atoms with Crippen LogP contribution >= 0.6 is 11.3 Å². The van der Waals surface area contributed by atoms with Crippen molar-refractivity contribution >= 4 is 11.3 Å². The first kappa shape index (κ1) is 12.9. The second-order valence-corrected chi connectivity index (χ2v) is 6.34. The Balaban J connectivity index is 1.60. The second kappa shape index (κ2) is 5.89. The summed E-state index contributed by atoms with van der Waals surface area (Å²) in [6.07, 6.45) is 3.90. The summed E-state index contributed by atoms with van der Waals surface area (Å²) in [5.74, 6) is 0.852. The first-order valence-corrected chi connectivity index (χ1v) is 8.08. The highest BCUT2D eigenvalue weighted by atomic mass is 32.1. The molecular formula is C17H21NS. The van der Waals surface area contributed by atoms with Gasteiger partial charge in [0.25, 0.3) is 0 Å². The van der Waals surface area contributed by atoms with Crippen molar-refractivity contribution in [3.05, 3.63) is 57.8 Å². The third-order valence-electron chi connectivity index (χ3n) is 3.89. The molecule has 1 aromatic carbocycles. The van der Waals surface area contributed by atoms with E-state index in [4.69, 9.17) is 0 Å². The first-order valence-electron chi connectivity index (χ1n) is 7.14. The maximum atomic E-state index is 3.76. The van der Waals surface area contributed by atoms with Gasteiger partial charge in [-0.15, -0.1) is 0 Å². The third kappa shape index (κ3) is 3.46. The fourth-order valence-corrected chi connectivity index (χ4v) is 3.27. The molecule has 3 rings (SSSR count). The Kier molecular flexibility index (Phi) is 4.00. The summed E-state index contributed by atoms with van der Waals surface area (Å²) in [4.78, 5) is 0. The molecule has 1 nitrogen and oxygen atoms in total. The molecular weight excluding hydrogens is 250 g/mol. The van der Waals surface area contributed by atoms with Gasteiger partial charge >= 0.3 is 0 Å². The van der Waals surface area contributed by atoms with Crippen molar-refractivity contribution in [1.29, 1.82) is 0 Å². The van der Waals surface area contributed by atoms with Crippen molar-refractivity contribution in [3.63, 3.8) is 0 Å². The normalized spacial score (nSPS) is 16.5. The number of nitrogens with one attached hydrogen (secondary N) is 1. The minimum atomic E-state index is 0.555. The van der Waals surface area contributed by atoms with Crippen molar-refractivity contribution in [2.45, 2.75) is 32.2 Å². The van der Waals surface area contributed by atoms with Gasteiger partial charge in [-0.05, 0) is 66.6 Å². The molecule has 0 bridgehead atoms. The van der Waals surface area contributed by atoms with Crippen LogP contribution in [0.25, 0.3) is 0 Å². The molecule has 0 saturated heterocycles. The Morgan fingerprint density at radius 3 is 2.63 bits per heavy atom. The van der Waals surface area contributed by atoms with Crippen molar-refractivity contribution in [2.75, 3.05) is 6.54 Å². The molecule has 19 heavy (non-hydrogen) atoms. The number of hydrogen-bond acceptors (Lipinski definition) is 2. The van der Waals surface area contributed by atoms with Crippen molar-refractivity contribution in [3.8, 4) is 0 Å². The molecule has 0 radical (unpaired) electrons. The van der Waals surface area contributed by atoms with Gasteiger partial charge in [0, 0.05) is 6.04 Å². The Hall–Kier alpha value is -1.12. The highest BCUT2D eigenvalue weighted by Crippen LogP contribution is 2.40. The molecule has 1 atom stereocenters. The van der Waals surface area contributed by atoms with Crippen LogP contribution in [0, 0.1) is 12.8 Å². The second-order valence-electron chi connectivity index (χ2n) is 5.56. The summed E-state index contributed by atoms with van der Waals surface area (Å²) in [6, 6.07) is 11.8. The van der Waals surface area contributed by atoms with Crippen LogP contribution in [0.2, 0.25) is 0 Å². The predicted molar refractivity (Wildman–Crippen MR) is 82.7 cm³/mol. The smallest absolute Gasteiger partial charge is 0.0348 e. The zero-order valence-corrected chi connectivity index (χ0v) is 12.2. The monoisotopic (exact) mass is 271 g/mol. The average molecular weight is 271 g/mol. The Labute approximate surface area is 119 Å². The molecule has 2 heteroatoms. The molecule has 1 saturated carbocycles. The Morgan fingerprint density at radius 2 is 2.00 bits per heavy atom. The van der Waals surface area contributed by atoms with Gasteiger partial charge in [-0.1, -0.05) is 29.8 Å². The Morgan fingerprint density at radius 1 is 1.21 bits per heavy atom. The summed E-state index contributed by atoms with van der Waals surface area (Å²) in [7, 11) is 0. The van der Waals surface area contributed by atoms with E-state index in [0.717, 1.165) is 18.9 Å². The molecule has 1 aliphatic rings. The van der Waals surface area contributed by atoms with Gasteiger partial charge in [0.15, 0.2) is 0 Å². The predicted octanol–water partition coefficient (Wildman–Crippen LogP) is 4.34. The van der Waals surface area contributed by atoms with Crippen LogP contribution in [-0.4, -0.2) is 6.54 Å². The lowest BCUT2D eigenvalue weighted by Crippen LogP contribution is -2.25. The van der Waals surface area contributed by atoms with Gasteiger partial charge in [0.1, 0.15) is 0 Å². The molecule has 1 fully saturated rings. The number of rotatable bonds is 6. The average Bonchev–Trinajstić information content (AvgIpc) is 3.13. The summed E-state index contributed by atoms with van der Waals surface area (Å²) in [5.41, 5.74) is 4.26.